The number of carbonyl (C=O) groups is 1. The fraction of sp³-hybridized carbons (Fsp3) is 0.125. The molecule has 0 heterocycles. The first-order chi connectivity index (χ1) is 10.5. The van der Waals surface area contributed by atoms with Crippen molar-refractivity contribution in [2.45, 2.75) is 6.92 Å². The third-order valence-electron chi connectivity index (χ3n) is 2.78. The summed E-state index contributed by atoms with van der Waals surface area (Å²) in [6, 6.07) is 15.0. The van der Waals surface area contributed by atoms with E-state index >= 15 is 0 Å². The largest absolute Gasteiger partial charge is 0.484 e. The summed E-state index contributed by atoms with van der Waals surface area (Å²) in [5.41, 5.74) is 4.15. The SMILES string of the molecule is C/C(=N\NC(=O)COc1cccc(Br)c1)c1ccc(Br)cc1. The summed E-state index contributed by atoms with van der Waals surface area (Å²) in [5.74, 6) is 0.314. The molecule has 0 saturated heterocycles. The number of nitrogens with zero attached hydrogens (tertiary/aromatic N) is 1. The molecule has 6 heteroatoms. The van der Waals surface area contributed by atoms with Crippen LogP contribution in [0.15, 0.2) is 62.6 Å². The molecule has 0 spiro atoms. The zero-order valence-electron chi connectivity index (χ0n) is 11.8. The van der Waals surface area contributed by atoms with E-state index in [4.69, 9.17) is 4.74 Å². The minimum absolute atomic E-state index is 0.0897. The van der Waals surface area contributed by atoms with Crippen LogP contribution in [0.1, 0.15) is 12.5 Å². The van der Waals surface area contributed by atoms with Gasteiger partial charge in [-0.2, -0.15) is 5.10 Å². The van der Waals surface area contributed by atoms with E-state index in [0.29, 0.717) is 5.75 Å². The van der Waals surface area contributed by atoms with E-state index in [1.807, 2.05) is 43.3 Å². The smallest absolute Gasteiger partial charge is 0.277 e. The van der Waals surface area contributed by atoms with Crippen LogP contribution in [0.4, 0.5) is 0 Å². The molecular formula is C16H14Br2N2O2. The second-order valence-electron chi connectivity index (χ2n) is 4.49. The number of ether oxygens (including phenoxy) is 1. The molecule has 0 aliphatic rings. The molecule has 1 N–H and O–H groups in total. The summed E-state index contributed by atoms with van der Waals surface area (Å²) in [6.07, 6.45) is 0. The molecule has 22 heavy (non-hydrogen) atoms. The van der Waals surface area contributed by atoms with Crippen molar-refractivity contribution in [3.05, 3.63) is 63.0 Å². The number of hydrogen-bond acceptors (Lipinski definition) is 3. The van der Waals surface area contributed by atoms with Crippen molar-refractivity contribution < 1.29 is 9.53 Å². The zero-order valence-corrected chi connectivity index (χ0v) is 15.0. The van der Waals surface area contributed by atoms with Gasteiger partial charge in [0.15, 0.2) is 6.61 Å². The Hall–Kier alpha value is -1.66. The van der Waals surface area contributed by atoms with Gasteiger partial charge < -0.3 is 4.74 Å². The van der Waals surface area contributed by atoms with Crippen LogP contribution in [-0.2, 0) is 4.79 Å². The monoisotopic (exact) mass is 424 g/mol. The van der Waals surface area contributed by atoms with E-state index in [2.05, 4.69) is 42.4 Å². The van der Waals surface area contributed by atoms with E-state index in [9.17, 15) is 4.79 Å². The molecule has 114 valence electrons. The quantitative estimate of drug-likeness (QED) is 0.578. The second-order valence-corrected chi connectivity index (χ2v) is 6.32. The van der Waals surface area contributed by atoms with Gasteiger partial charge in [0.1, 0.15) is 5.75 Å². The van der Waals surface area contributed by atoms with E-state index in [1.54, 1.807) is 12.1 Å². The first-order valence-corrected chi connectivity index (χ1v) is 8.10. The van der Waals surface area contributed by atoms with Gasteiger partial charge in [0.25, 0.3) is 5.91 Å². The normalized spacial score (nSPS) is 11.1. The Kier molecular flexibility index (Phi) is 6.15. The molecule has 0 unspecified atom stereocenters. The van der Waals surface area contributed by atoms with E-state index in [1.165, 1.54) is 0 Å². The van der Waals surface area contributed by atoms with Gasteiger partial charge in [-0.25, -0.2) is 5.43 Å². The molecule has 0 atom stereocenters. The molecule has 0 bridgehead atoms. The highest BCUT2D eigenvalue weighted by Crippen LogP contribution is 2.17. The van der Waals surface area contributed by atoms with Gasteiger partial charge in [-0.3, -0.25) is 4.79 Å². The van der Waals surface area contributed by atoms with Crippen LogP contribution in [0.2, 0.25) is 0 Å². The summed E-state index contributed by atoms with van der Waals surface area (Å²) >= 11 is 6.72. The van der Waals surface area contributed by atoms with Gasteiger partial charge in [-0.1, -0.05) is 50.1 Å². The number of halogens is 2. The Morgan fingerprint density at radius 3 is 2.55 bits per heavy atom. The predicted molar refractivity (Wildman–Crippen MR) is 94.1 cm³/mol. The van der Waals surface area contributed by atoms with Crippen molar-refractivity contribution in [1.29, 1.82) is 0 Å². The molecule has 4 nitrogen and oxygen atoms in total. The van der Waals surface area contributed by atoms with Crippen molar-refractivity contribution in [1.82, 2.24) is 5.43 Å². The maximum absolute atomic E-state index is 11.7. The minimum Gasteiger partial charge on any atom is -0.484 e. The van der Waals surface area contributed by atoms with Gasteiger partial charge in [0.05, 0.1) is 5.71 Å². The molecule has 1 amide bonds. The fourth-order valence-electron chi connectivity index (χ4n) is 1.64. The van der Waals surface area contributed by atoms with Crippen molar-refractivity contribution in [2.75, 3.05) is 6.61 Å². The highest BCUT2D eigenvalue weighted by molar-refractivity contribution is 9.10. The van der Waals surface area contributed by atoms with Gasteiger partial charge in [-0.05, 0) is 42.8 Å². The van der Waals surface area contributed by atoms with Crippen LogP contribution in [0.5, 0.6) is 5.75 Å². The van der Waals surface area contributed by atoms with Gasteiger partial charge in [0.2, 0.25) is 0 Å². The lowest BCUT2D eigenvalue weighted by molar-refractivity contribution is -0.123. The Labute approximate surface area is 145 Å². The zero-order chi connectivity index (χ0) is 15.9. The number of amides is 1. The lowest BCUT2D eigenvalue weighted by Crippen LogP contribution is -2.25. The number of nitrogens with one attached hydrogen (secondary N) is 1. The van der Waals surface area contributed by atoms with Crippen LogP contribution < -0.4 is 10.2 Å². The third kappa shape index (κ3) is 5.27. The molecule has 2 rings (SSSR count). The number of hydrazone groups is 1. The molecule has 0 aliphatic carbocycles. The van der Waals surface area contributed by atoms with Gasteiger partial charge in [0, 0.05) is 8.95 Å². The van der Waals surface area contributed by atoms with E-state index < -0.39 is 0 Å². The van der Waals surface area contributed by atoms with Crippen LogP contribution >= 0.6 is 31.9 Å². The standard InChI is InChI=1S/C16H14Br2N2O2/c1-11(12-5-7-13(17)8-6-12)19-20-16(21)10-22-15-4-2-3-14(18)9-15/h2-9H,10H2,1H3,(H,20,21)/b19-11+. The van der Waals surface area contributed by atoms with E-state index in [0.717, 1.165) is 20.2 Å². The maximum Gasteiger partial charge on any atom is 0.277 e. The Bertz CT molecular complexity index is 685. The summed E-state index contributed by atoms with van der Waals surface area (Å²) in [5, 5.41) is 4.07. The van der Waals surface area contributed by atoms with Gasteiger partial charge >= 0.3 is 0 Å². The number of rotatable bonds is 5. The van der Waals surface area contributed by atoms with Crippen LogP contribution in [0.3, 0.4) is 0 Å². The predicted octanol–water partition coefficient (Wildman–Crippen LogP) is 4.13. The fourth-order valence-corrected chi connectivity index (χ4v) is 2.28. The number of carbonyl (C=O) groups excluding carboxylic acids is 1. The molecule has 0 aliphatic heterocycles. The molecule has 2 aromatic carbocycles. The van der Waals surface area contributed by atoms with Crippen LogP contribution in [0, 0.1) is 0 Å². The molecule has 0 saturated carbocycles. The maximum atomic E-state index is 11.7. The average Bonchev–Trinajstić information content (AvgIpc) is 2.51. The van der Waals surface area contributed by atoms with Crippen molar-refractivity contribution in [2.24, 2.45) is 5.10 Å². The molecule has 0 fully saturated rings. The lowest BCUT2D eigenvalue weighted by atomic mass is 10.1. The number of benzene rings is 2. The Morgan fingerprint density at radius 1 is 1.14 bits per heavy atom. The number of hydrogen-bond donors (Lipinski definition) is 1. The summed E-state index contributed by atoms with van der Waals surface area (Å²) < 4.78 is 7.28. The minimum atomic E-state index is -0.309. The van der Waals surface area contributed by atoms with Gasteiger partial charge in [-0.15, -0.1) is 0 Å². The Morgan fingerprint density at radius 2 is 1.86 bits per heavy atom. The van der Waals surface area contributed by atoms with Crippen molar-refractivity contribution in [3.8, 4) is 5.75 Å². The second kappa shape index (κ2) is 8.10. The molecule has 2 aromatic rings. The highest BCUT2D eigenvalue weighted by Gasteiger charge is 2.03. The summed E-state index contributed by atoms with van der Waals surface area (Å²) in [6.45, 7) is 1.74. The summed E-state index contributed by atoms with van der Waals surface area (Å²) in [7, 11) is 0. The average molecular weight is 426 g/mol. The summed E-state index contributed by atoms with van der Waals surface area (Å²) in [4.78, 5) is 11.7. The first kappa shape index (κ1) is 16.7. The topological polar surface area (TPSA) is 50.7 Å². The highest BCUT2D eigenvalue weighted by atomic mass is 79.9. The molecular weight excluding hydrogens is 412 g/mol. The van der Waals surface area contributed by atoms with Crippen LogP contribution in [0.25, 0.3) is 0 Å². The van der Waals surface area contributed by atoms with E-state index in [-0.39, 0.29) is 12.5 Å². The first-order valence-electron chi connectivity index (χ1n) is 6.52. The Balaban J connectivity index is 1.86. The lowest BCUT2D eigenvalue weighted by Gasteiger charge is -2.06. The van der Waals surface area contributed by atoms with Crippen LogP contribution in [-0.4, -0.2) is 18.2 Å². The molecule has 0 radical (unpaired) electrons. The van der Waals surface area contributed by atoms with Crippen molar-refractivity contribution >= 4 is 43.5 Å². The molecule has 0 aromatic heterocycles. The third-order valence-corrected chi connectivity index (χ3v) is 3.80. The van der Waals surface area contributed by atoms with Crippen molar-refractivity contribution in [3.63, 3.8) is 0 Å².